The molecule has 1 fully saturated rings. The van der Waals surface area contributed by atoms with Gasteiger partial charge >= 0.3 is 0 Å². The van der Waals surface area contributed by atoms with Crippen LogP contribution in [0.5, 0.6) is 0 Å². The predicted molar refractivity (Wildman–Crippen MR) is 97.1 cm³/mol. The molecular formula is C17H30N4OS. The van der Waals surface area contributed by atoms with Gasteiger partial charge in [0.15, 0.2) is 5.96 Å². The van der Waals surface area contributed by atoms with Crippen LogP contribution in [0.25, 0.3) is 0 Å². The molecule has 1 aromatic rings. The summed E-state index contributed by atoms with van der Waals surface area (Å²) in [6.07, 6.45) is 10.2. The average molecular weight is 339 g/mol. The molecule has 1 saturated carbocycles. The Morgan fingerprint density at radius 1 is 1.30 bits per heavy atom. The lowest BCUT2D eigenvalue weighted by Gasteiger charge is -2.16. The maximum atomic E-state index is 6.00. The molecule has 0 aromatic carbocycles. The number of hydrogen-bond donors (Lipinski definition) is 2. The van der Waals surface area contributed by atoms with Gasteiger partial charge in [-0.2, -0.15) is 0 Å². The molecule has 5 nitrogen and oxygen atoms in total. The molecule has 6 heteroatoms. The van der Waals surface area contributed by atoms with Gasteiger partial charge in [-0.1, -0.05) is 25.7 Å². The molecule has 23 heavy (non-hydrogen) atoms. The van der Waals surface area contributed by atoms with Crippen LogP contribution in [0.1, 0.15) is 55.3 Å². The zero-order valence-electron chi connectivity index (χ0n) is 14.4. The number of rotatable bonds is 7. The molecule has 130 valence electrons. The number of aryl methyl sites for hydroxylation is 1. The van der Waals surface area contributed by atoms with Gasteiger partial charge in [-0.3, -0.25) is 0 Å². The first kappa shape index (κ1) is 18.2. The largest absolute Gasteiger partial charge is 0.376 e. The quantitative estimate of drug-likeness (QED) is 0.347. The van der Waals surface area contributed by atoms with Crippen LogP contribution in [-0.2, 0) is 11.3 Å². The van der Waals surface area contributed by atoms with E-state index in [4.69, 9.17) is 4.74 Å². The van der Waals surface area contributed by atoms with Crippen molar-refractivity contribution in [2.45, 2.75) is 65.0 Å². The number of guanidine groups is 1. The normalized spacial score (nSPS) is 17.0. The second kappa shape index (κ2) is 10.6. The summed E-state index contributed by atoms with van der Waals surface area (Å²) < 4.78 is 6.00. The number of thiazole rings is 1. The average Bonchev–Trinajstić information content (AvgIpc) is 2.80. The van der Waals surface area contributed by atoms with E-state index in [0.29, 0.717) is 12.6 Å². The molecule has 1 aliphatic rings. The molecule has 1 aromatic heterocycles. The maximum Gasteiger partial charge on any atom is 0.191 e. The van der Waals surface area contributed by atoms with Crippen LogP contribution in [-0.4, -0.2) is 36.7 Å². The van der Waals surface area contributed by atoms with Gasteiger partial charge in [-0.25, -0.2) is 9.98 Å². The van der Waals surface area contributed by atoms with Crippen LogP contribution < -0.4 is 10.6 Å². The minimum Gasteiger partial charge on any atom is -0.376 e. The minimum atomic E-state index is 0.456. The molecule has 1 heterocycles. The Morgan fingerprint density at radius 3 is 2.74 bits per heavy atom. The monoisotopic (exact) mass is 338 g/mol. The second-order valence-electron chi connectivity index (χ2n) is 5.97. The van der Waals surface area contributed by atoms with Crippen molar-refractivity contribution >= 4 is 17.3 Å². The summed E-state index contributed by atoms with van der Waals surface area (Å²) in [6, 6.07) is 0. The van der Waals surface area contributed by atoms with E-state index in [1.165, 1.54) is 43.4 Å². The highest BCUT2D eigenvalue weighted by Crippen LogP contribution is 2.19. The lowest BCUT2D eigenvalue weighted by Crippen LogP contribution is -2.39. The highest BCUT2D eigenvalue weighted by atomic mass is 32.1. The molecule has 0 amide bonds. The third-order valence-corrected chi connectivity index (χ3v) is 4.83. The summed E-state index contributed by atoms with van der Waals surface area (Å²) in [7, 11) is 0. The van der Waals surface area contributed by atoms with E-state index in [2.05, 4.69) is 34.5 Å². The molecule has 0 atom stereocenters. The van der Waals surface area contributed by atoms with Crippen molar-refractivity contribution in [2.75, 3.05) is 19.7 Å². The lowest BCUT2D eigenvalue weighted by atomic mass is 10.1. The lowest BCUT2D eigenvalue weighted by molar-refractivity contribution is 0.0468. The van der Waals surface area contributed by atoms with E-state index >= 15 is 0 Å². The molecule has 0 aliphatic heterocycles. The fourth-order valence-electron chi connectivity index (χ4n) is 2.77. The number of nitrogens with zero attached hydrogens (tertiary/aromatic N) is 2. The van der Waals surface area contributed by atoms with Gasteiger partial charge in [0.05, 0.1) is 19.3 Å². The van der Waals surface area contributed by atoms with Gasteiger partial charge in [-0.05, 0) is 26.7 Å². The molecule has 0 saturated heterocycles. The zero-order chi connectivity index (χ0) is 16.3. The van der Waals surface area contributed by atoms with Crippen LogP contribution in [0.4, 0.5) is 0 Å². The smallest absolute Gasteiger partial charge is 0.191 e. The zero-order valence-corrected chi connectivity index (χ0v) is 15.3. The van der Waals surface area contributed by atoms with Crippen molar-refractivity contribution in [1.82, 2.24) is 15.6 Å². The summed E-state index contributed by atoms with van der Waals surface area (Å²) in [5, 5.41) is 7.66. The third kappa shape index (κ3) is 7.31. The van der Waals surface area contributed by atoms with Gasteiger partial charge in [0.25, 0.3) is 0 Å². The number of nitrogens with one attached hydrogen (secondary N) is 2. The van der Waals surface area contributed by atoms with E-state index in [1.54, 1.807) is 11.3 Å². The Hall–Kier alpha value is -1.14. The predicted octanol–water partition coefficient (Wildman–Crippen LogP) is 3.25. The standard InChI is InChI=1S/C17H30N4OS/c1-3-18-17(21-13-16-20-12-14(2)23-16)19-10-11-22-15-8-6-4-5-7-9-15/h12,15H,3-11,13H2,1-2H3,(H2,18,19,21). The van der Waals surface area contributed by atoms with Crippen molar-refractivity contribution in [1.29, 1.82) is 0 Å². The van der Waals surface area contributed by atoms with Crippen LogP contribution in [0.15, 0.2) is 11.2 Å². The first-order valence-corrected chi connectivity index (χ1v) is 9.64. The number of aromatic nitrogens is 1. The summed E-state index contributed by atoms with van der Waals surface area (Å²) in [6.45, 7) is 7.15. The summed E-state index contributed by atoms with van der Waals surface area (Å²) in [5.74, 6) is 0.838. The van der Waals surface area contributed by atoms with Crippen LogP contribution in [0, 0.1) is 6.92 Å². The molecule has 1 aliphatic carbocycles. The van der Waals surface area contributed by atoms with Gasteiger partial charge in [0.2, 0.25) is 0 Å². The van der Waals surface area contributed by atoms with Crippen molar-refractivity contribution in [2.24, 2.45) is 4.99 Å². The second-order valence-corrected chi connectivity index (χ2v) is 7.29. The Morgan fingerprint density at radius 2 is 2.09 bits per heavy atom. The van der Waals surface area contributed by atoms with Crippen LogP contribution in [0.3, 0.4) is 0 Å². The summed E-state index contributed by atoms with van der Waals surface area (Å²) >= 11 is 1.70. The van der Waals surface area contributed by atoms with E-state index < -0.39 is 0 Å². The molecule has 0 radical (unpaired) electrons. The van der Waals surface area contributed by atoms with Gasteiger partial charge in [0, 0.05) is 24.2 Å². The SMILES string of the molecule is CCNC(=NCc1ncc(C)s1)NCCOC1CCCCCC1. The van der Waals surface area contributed by atoms with E-state index in [1.807, 2.05) is 6.20 Å². The molecule has 0 unspecified atom stereocenters. The highest BCUT2D eigenvalue weighted by molar-refractivity contribution is 7.11. The van der Waals surface area contributed by atoms with Crippen LogP contribution >= 0.6 is 11.3 Å². The van der Waals surface area contributed by atoms with Crippen molar-refractivity contribution in [3.63, 3.8) is 0 Å². The first-order valence-electron chi connectivity index (χ1n) is 8.83. The Labute approximate surface area is 144 Å². The maximum absolute atomic E-state index is 6.00. The van der Waals surface area contributed by atoms with Gasteiger partial charge in [-0.15, -0.1) is 11.3 Å². The topological polar surface area (TPSA) is 58.5 Å². The van der Waals surface area contributed by atoms with Crippen LogP contribution in [0.2, 0.25) is 0 Å². The first-order chi connectivity index (χ1) is 11.3. The van der Waals surface area contributed by atoms with Crippen molar-refractivity contribution < 1.29 is 4.74 Å². The van der Waals surface area contributed by atoms with E-state index in [-0.39, 0.29) is 0 Å². The van der Waals surface area contributed by atoms with Crippen molar-refractivity contribution in [3.05, 3.63) is 16.1 Å². The highest BCUT2D eigenvalue weighted by Gasteiger charge is 2.12. The molecule has 0 bridgehead atoms. The summed E-state index contributed by atoms with van der Waals surface area (Å²) in [5.41, 5.74) is 0. The van der Waals surface area contributed by atoms with E-state index in [0.717, 1.165) is 30.7 Å². The molecule has 2 rings (SSSR count). The Bertz CT molecular complexity index is 467. The van der Waals surface area contributed by atoms with E-state index in [9.17, 15) is 0 Å². The number of aliphatic imine (C=N–C) groups is 1. The van der Waals surface area contributed by atoms with Gasteiger partial charge < -0.3 is 15.4 Å². The summed E-state index contributed by atoms with van der Waals surface area (Å²) in [4.78, 5) is 10.2. The fourth-order valence-corrected chi connectivity index (χ4v) is 3.48. The Balaban J connectivity index is 1.69. The van der Waals surface area contributed by atoms with Crippen molar-refractivity contribution in [3.8, 4) is 0 Å². The van der Waals surface area contributed by atoms with Gasteiger partial charge in [0.1, 0.15) is 5.01 Å². The molecule has 2 N–H and O–H groups in total. The number of ether oxygens (including phenoxy) is 1. The molecular weight excluding hydrogens is 308 g/mol. The minimum absolute atomic E-state index is 0.456. The third-order valence-electron chi connectivity index (χ3n) is 3.94. The number of hydrogen-bond acceptors (Lipinski definition) is 4. The Kier molecular flexibility index (Phi) is 8.39. The fraction of sp³-hybridized carbons (Fsp3) is 0.765. The molecule has 0 spiro atoms.